The number of nitrogens with zero attached hydrogens (tertiary/aromatic N) is 2. The van der Waals surface area contributed by atoms with E-state index in [0.717, 1.165) is 6.42 Å². The largest absolute Gasteiger partial charge is 0.313 e. The fraction of sp³-hybridized carbons (Fsp3) is 0.0811. The maximum atomic E-state index is 2.46. The summed E-state index contributed by atoms with van der Waals surface area (Å²) in [6, 6.07) is 44.2. The second-order valence-corrected chi connectivity index (χ2v) is 10.7. The Kier molecular flexibility index (Phi) is 4.90. The summed E-state index contributed by atoms with van der Waals surface area (Å²) >= 11 is 0. The van der Waals surface area contributed by atoms with Gasteiger partial charge in [0.2, 0.25) is 0 Å². The van der Waals surface area contributed by atoms with Gasteiger partial charge in [-0.2, -0.15) is 0 Å². The van der Waals surface area contributed by atoms with Crippen LogP contribution in [-0.2, 0) is 0 Å². The second-order valence-electron chi connectivity index (χ2n) is 10.7. The highest BCUT2D eigenvalue weighted by atomic mass is 15.2. The van der Waals surface area contributed by atoms with Crippen molar-refractivity contribution in [3.63, 3.8) is 0 Å². The summed E-state index contributed by atoms with van der Waals surface area (Å²) in [5, 5.41) is 2.57. The van der Waals surface area contributed by atoms with E-state index in [1.807, 2.05) is 0 Å². The van der Waals surface area contributed by atoms with Gasteiger partial charge in [0.05, 0.1) is 11.0 Å². The van der Waals surface area contributed by atoms with Crippen LogP contribution >= 0.6 is 0 Å². The minimum atomic E-state index is 0.382. The molecule has 2 nitrogen and oxygen atoms in total. The van der Waals surface area contributed by atoms with Crippen LogP contribution in [0.2, 0.25) is 0 Å². The molecule has 2 aliphatic rings. The molecule has 1 atom stereocenters. The molecule has 39 heavy (non-hydrogen) atoms. The minimum absolute atomic E-state index is 0.382. The van der Waals surface area contributed by atoms with Gasteiger partial charge in [-0.05, 0) is 90.7 Å². The molecule has 0 amide bonds. The predicted molar refractivity (Wildman–Crippen MR) is 164 cm³/mol. The second kappa shape index (κ2) is 8.61. The van der Waals surface area contributed by atoms with Gasteiger partial charge in [0, 0.05) is 39.4 Å². The van der Waals surface area contributed by atoms with Gasteiger partial charge in [-0.3, -0.25) is 0 Å². The van der Waals surface area contributed by atoms with Crippen molar-refractivity contribution in [3.8, 4) is 16.8 Å². The highest BCUT2D eigenvalue weighted by Crippen LogP contribution is 2.52. The summed E-state index contributed by atoms with van der Waals surface area (Å²) < 4.78 is 2.38. The first-order valence-electron chi connectivity index (χ1n) is 13.7. The lowest BCUT2D eigenvalue weighted by Gasteiger charge is -2.25. The van der Waals surface area contributed by atoms with E-state index in [0.29, 0.717) is 5.92 Å². The van der Waals surface area contributed by atoms with E-state index in [4.69, 9.17) is 0 Å². The van der Waals surface area contributed by atoms with Crippen molar-refractivity contribution in [2.45, 2.75) is 19.3 Å². The van der Waals surface area contributed by atoms with Crippen molar-refractivity contribution in [2.24, 2.45) is 0 Å². The number of fused-ring (bicyclic) bond motifs is 6. The Morgan fingerprint density at radius 2 is 1.28 bits per heavy atom. The monoisotopic (exact) mass is 500 g/mol. The molecule has 0 fully saturated rings. The summed E-state index contributed by atoms with van der Waals surface area (Å²) in [5.74, 6) is 0.382. The van der Waals surface area contributed by atoms with Crippen LogP contribution in [0.15, 0.2) is 145 Å². The minimum Gasteiger partial charge on any atom is -0.313 e. The molecule has 186 valence electrons. The smallest absolute Gasteiger partial charge is 0.0541 e. The van der Waals surface area contributed by atoms with Gasteiger partial charge in [0.15, 0.2) is 0 Å². The zero-order valence-corrected chi connectivity index (χ0v) is 21.9. The molecule has 0 spiro atoms. The van der Waals surface area contributed by atoms with Gasteiger partial charge in [-0.15, -0.1) is 0 Å². The van der Waals surface area contributed by atoms with E-state index < -0.39 is 0 Å². The number of rotatable bonds is 3. The van der Waals surface area contributed by atoms with Crippen molar-refractivity contribution >= 4 is 33.2 Å². The molecule has 2 heteroatoms. The van der Waals surface area contributed by atoms with Gasteiger partial charge >= 0.3 is 0 Å². The molecule has 1 aliphatic carbocycles. The molecule has 0 saturated heterocycles. The lowest BCUT2D eigenvalue weighted by molar-refractivity contribution is 0.811. The van der Waals surface area contributed by atoms with E-state index in [2.05, 4.69) is 150 Å². The predicted octanol–water partition coefficient (Wildman–Crippen LogP) is 9.92. The molecular formula is C37H28N2. The molecule has 1 aliphatic heterocycles. The SMILES string of the molecule is CC1=CCC2C(=C1)N(c1ccccc1)c1ccc(-c3ccc4c(c3)c3ccccc3n4-c3ccccc3)cc12. The quantitative estimate of drug-likeness (QED) is 0.235. The lowest BCUT2D eigenvalue weighted by Crippen LogP contribution is -2.15. The Labute approximate surface area is 228 Å². The van der Waals surface area contributed by atoms with Gasteiger partial charge in [-0.1, -0.05) is 78.4 Å². The van der Waals surface area contributed by atoms with Crippen LogP contribution in [0.3, 0.4) is 0 Å². The average molecular weight is 501 g/mol. The first-order valence-corrected chi connectivity index (χ1v) is 13.7. The Balaban J connectivity index is 1.29. The zero-order valence-electron chi connectivity index (χ0n) is 21.9. The number of benzene rings is 5. The normalized spacial score (nSPS) is 16.2. The lowest BCUT2D eigenvalue weighted by atomic mass is 9.88. The molecule has 5 aromatic carbocycles. The Hall–Kier alpha value is -4.82. The number of allylic oxidation sites excluding steroid dienone is 4. The van der Waals surface area contributed by atoms with Crippen LogP contribution in [0.1, 0.15) is 24.8 Å². The molecule has 1 unspecified atom stereocenters. The molecule has 6 aromatic rings. The Bertz CT molecular complexity index is 1940. The van der Waals surface area contributed by atoms with E-state index in [1.165, 1.54) is 66.8 Å². The van der Waals surface area contributed by atoms with E-state index >= 15 is 0 Å². The number of anilines is 2. The molecular weight excluding hydrogens is 472 g/mol. The standard InChI is InChI=1S/C37H28N2/c1-25-16-19-31-33-24-27(18-21-36(33)39(37(31)22-25)29-12-6-3-7-13-29)26-17-20-35-32(23-26)30-14-8-9-15-34(30)38(35)28-10-4-2-5-11-28/h2-18,20-24,31H,19H2,1H3. The highest BCUT2D eigenvalue weighted by molar-refractivity contribution is 6.10. The number of hydrogen-bond acceptors (Lipinski definition) is 1. The summed E-state index contributed by atoms with van der Waals surface area (Å²) in [4.78, 5) is 2.46. The third-order valence-corrected chi connectivity index (χ3v) is 8.34. The van der Waals surface area contributed by atoms with Crippen molar-refractivity contribution in [2.75, 3.05) is 4.90 Å². The fourth-order valence-electron chi connectivity index (χ4n) is 6.55. The van der Waals surface area contributed by atoms with Crippen LogP contribution in [-0.4, -0.2) is 4.57 Å². The molecule has 0 N–H and O–H groups in total. The molecule has 0 saturated carbocycles. The van der Waals surface area contributed by atoms with Crippen molar-refractivity contribution in [1.29, 1.82) is 0 Å². The van der Waals surface area contributed by atoms with Crippen LogP contribution in [0.4, 0.5) is 11.4 Å². The summed E-state index contributed by atoms with van der Waals surface area (Å²) in [6.07, 6.45) is 5.79. The number of hydrogen-bond donors (Lipinski definition) is 0. The molecule has 8 rings (SSSR count). The average Bonchev–Trinajstić information content (AvgIpc) is 3.49. The van der Waals surface area contributed by atoms with Gasteiger partial charge in [0.1, 0.15) is 0 Å². The fourth-order valence-corrected chi connectivity index (χ4v) is 6.55. The van der Waals surface area contributed by atoms with Gasteiger partial charge in [-0.25, -0.2) is 0 Å². The number of para-hydroxylation sites is 3. The molecule has 2 heterocycles. The molecule has 0 bridgehead atoms. The van der Waals surface area contributed by atoms with Crippen molar-refractivity contribution in [3.05, 3.63) is 150 Å². The molecule has 0 radical (unpaired) electrons. The number of aromatic nitrogens is 1. The zero-order chi connectivity index (χ0) is 25.9. The summed E-state index contributed by atoms with van der Waals surface area (Å²) in [7, 11) is 0. The van der Waals surface area contributed by atoms with Crippen molar-refractivity contribution < 1.29 is 0 Å². The van der Waals surface area contributed by atoms with Crippen LogP contribution in [0.25, 0.3) is 38.6 Å². The summed E-state index contributed by atoms with van der Waals surface area (Å²) in [5.41, 5.74) is 12.9. The van der Waals surface area contributed by atoms with Crippen molar-refractivity contribution in [1.82, 2.24) is 4.57 Å². The third-order valence-electron chi connectivity index (χ3n) is 8.34. The van der Waals surface area contributed by atoms with Gasteiger partial charge in [0.25, 0.3) is 0 Å². The topological polar surface area (TPSA) is 8.17 Å². The van der Waals surface area contributed by atoms with Gasteiger partial charge < -0.3 is 9.47 Å². The van der Waals surface area contributed by atoms with E-state index in [9.17, 15) is 0 Å². The molecule has 1 aromatic heterocycles. The summed E-state index contributed by atoms with van der Waals surface area (Å²) in [6.45, 7) is 2.21. The third kappa shape index (κ3) is 3.42. The van der Waals surface area contributed by atoms with Crippen LogP contribution in [0, 0.1) is 0 Å². The maximum Gasteiger partial charge on any atom is 0.0541 e. The highest BCUT2D eigenvalue weighted by Gasteiger charge is 2.35. The van der Waals surface area contributed by atoms with Crippen LogP contribution in [0.5, 0.6) is 0 Å². The Morgan fingerprint density at radius 3 is 2.10 bits per heavy atom. The van der Waals surface area contributed by atoms with E-state index in [-0.39, 0.29) is 0 Å². The first kappa shape index (κ1) is 22.2. The van der Waals surface area contributed by atoms with E-state index in [1.54, 1.807) is 0 Å². The first-order chi connectivity index (χ1) is 19.3. The van der Waals surface area contributed by atoms with Crippen LogP contribution < -0.4 is 4.90 Å². The Morgan fingerprint density at radius 1 is 0.615 bits per heavy atom. The maximum absolute atomic E-state index is 2.46.